The van der Waals surface area contributed by atoms with Gasteiger partial charge in [-0.15, -0.1) is 0 Å². The Morgan fingerprint density at radius 1 is 1.47 bits per heavy atom. The van der Waals surface area contributed by atoms with E-state index in [0.717, 1.165) is 33.9 Å². The third-order valence-corrected chi connectivity index (χ3v) is 4.73. The molecule has 17 heavy (non-hydrogen) atoms. The van der Waals surface area contributed by atoms with Crippen molar-refractivity contribution in [3.63, 3.8) is 0 Å². The lowest BCUT2D eigenvalue weighted by Crippen LogP contribution is -2.41. The van der Waals surface area contributed by atoms with Crippen molar-refractivity contribution in [1.82, 2.24) is 9.61 Å². The summed E-state index contributed by atoms with van der Waals surface area (Å²) in [5.41, 5.74) is 1.99. The molecule has 0 aromatic carbocycles. The smallest absolute Gasteiger partial charge is 0.140 e. The van der Waals surface area contributed by atoms with E-state index in [1.54, 1.807) is 6.92 Å². The first-order valence-corrected chi connectivity index (χ1v) is 6.86. The Balaban J connectivity index is 2.14. The van der Waals surface area contributed by atoms with Crippen molar-refractivity contribution >= 4 is 33.9 Å². The molecule has 0 spiro atoms. The van der Waals surface area contributed by atoms with Crippen LogP contribution >= 0.6 is 22.6 Å². The molecule has 88 valence electrons. The molecule has 0 radical (unpaired) electrons. The van der Waals surface area contributed by atoms with Gasteiger partial charge in [0, 0.05) is 6.20 Å². The van der Waals surface area contributed by atoms with Crippen molar-refractivity contribution in [3.05, 3.63) is 33.7 Å². The summed E-state index contributed by atoms with van der Waals surface area (Å²) in [5.74, 6) is 0.282. The zero-order chi connectivity index (χ0) is 12.0. The molecular weight excluding hydrogens is 327 g/mol. The van der Waals surface area contributed by atoms with Crippen LogP contribution in [0.25, 0.3) is 5.52 Å². The lowest BCUT2D eigenvalue weighted by atomic mass is 9.62. The minimum atomic E-state index is -0.231. The van der Waals surface area contributed by atoms with Crippen LogP contribution in [0, 0.1) is 3.57 Å². The zero-order valence-electron chi connectivity index (χ0n) is 9.61. The van der Waals surface area contributed by atoms with Gasteiger partial charge in [0.25, 0.3) is 0 Å². The Morgan fingerprint density at radius 3 is 2.82 bits per heavy atom. The summed E-state index contributed by atoms with van der Waals surface area (Å²) in [6.07, 6.45) is 6.96. The molecule has 1 aliphatic carbocycles. The number of halogens is 1. The van der Waals surface area contributed by atoms with E-state index in [4.69, 9.17) is 0 Å². The quantitative estimate of drug-likeness (QED) is 0.788. The lowest BCUT2D eigenvalue weighted by molar-refractivity contribution is -0.125. The van der Waals surface area contributed by atoms with E-state index in [9.17, 15) is 4.79 Å². The summed E-state index contributed by atoms with van der Waals surface area (Å²) >= 11 is 2.27. The van der Waals surface area contributed by atoms with Crippen LogP contribution in [-0.2, 0) is 10.2 Å². The number of carbonyl (C=O) groups is 1. The van der Waals surface area contributed by atoms with Crippen LogP contribution in [0.5, 0.6) is 0 Å². The topological polar surface area (TPSA) is 34.4 Å². The molecule has 0 N–H and O–H groups in total. The van der Waals surface area contributed by atoms with Gasteiger partial charge in [-0.1, -0.05) is 12.5 Å². The first kappa shape index (κ1) is 11.2. The number of carbonyl (C=O) groups excluding carboxylic acids is 1. The Hall–Kier alpha value is -0.910. The fourth-order valence-corrected chi connectivity index (χ4v) is 3.16. The molecule has 0 aliphatic heterocycles. The molecule has 0 bridgehead atoms. The van der Waals surface area contributed by atoms with Crippen LogP contribution in [0.15, 0.2) is 24.5 Å². The number of hydrogen-bond acceptors (Lipinski definition) is 2. The zero-order valence-corrected chi connectivity index (χ0v) is 11.8. The lowest BCUT2D eigenvalue weighted by Gasteiger charge is -2.39. The van der Waals surface area contributed by atoms with E-state index in [1.807, 2.05) is 16.9 Å². The molecule has 3 rings (SSSR count). The van der Waals surface area contributed by atoms with Gasteiger partial charge < -0.3 is 0 Å². The molecule has 2 aromatic rings. The molecule has 0 unspecified atom stereocenters. The van der Waals surface area contributed by atoms with Crippen molar-refractivity contribution in [2.45, 2.75) is 31.6 Å². The van der Waals surface area contributed by atoms with Gasteiger partial charge in [-0.25, -0.2) is 4.52 Å². The molecular formula is C13H13IN2O. The normalized spacial score (nSPS) is 18.0. The average Bonchev–Trinajstić information content (AvgIpc) is 2.58. The van der Waals surface area contributed by atoms with Crippen LogP contribution in [-0.4, -0.2) is 15.4 Å². The van der Waals surface area contributed by atoms with Gasteiger partial charge in [0.15, 0.2) is 0 Å². The molecule has 1 saturated carbocycles. The molecule has 1 aliphatic rings. The highest BCUT2D eigenvalue weighted by atomic mass is 127. The first-order valence-electron chi connectivity index (χ1n) is 5.78. The minimum Gasteiger partial charge on any atom is -0.299 e. The fraction of sp³-hybridized carbons (Fsp3) is 0.385. The third-order valence-electron chi connectivity index (χ3n) is 3.90. The highest BCUT2D eigenvalue weighted by Crippen LogP contribution is 2.44. The molecule has 0 amide bonds. The van der Waals surface area contributed by atoms with Crippen molar-refractivity contribution in [3.8, 4) is 0 Å². The molecule has 0 atom stereocenters. The second-order valence-corrected chi connectivity index (χ2v) is 5.89. The Bertz CT molecular complexity index is 598. The van der Waals surface area contributed by atoms with Crippen LogP contribution in [0.3, 0.4) is 0 Å². The monoisotopic (exact) mass is 340 g/mol. The van der Waals surface area contributed by atoms with Crippen LogP contribution in [0.1, 0.15) is 31.7 Å². The van der Waals surface area contributed by atoms with Crippen molar-refractivity contribution in [1.29, 1.82) is 0 Å². The molecule has 3 nitrogen and oxygen atoms in total. The predicted molar refractivity (Wildman–Crippen MR) is 74.1 cm³/mol. The second kappa shape index (κ2) is 3.80. The second-order valence-electron chi connectivity index (χ2n) is 4.73. The van der Waals surface area contributed by atoms with E-state index in [-0.39, 0.29) is 11.2 Å². The van der Waals surface area contributed by atoms with E-state index >= 15 is 0 Å². The van der Waals surface area contributed by atoms with E-state index < -0.39 is 0 Å². The number of pyridine rings is 1. The number of fused-ring (bicyclic) bond motifs is 1. The first-order chi connectivity index (χ1) is 8.13. The summed E-state index contributed by atoms with van der Waals surface area (Å²) in [5, 5.41) is 4.31. The van der Waals surface area contributed by atoms with E-state index in [0.29, 0.717) is 0 Å². The number of Topliss-reactive ketones (excluding diaryl/α,β-unsaturated/α-hetero) is 1. The van der Waals surface area contributed by atoms with E-state index in [2.05, 4.69) is 39.8 Å². The molecule has 2 heterocycles. The Labute approximate surface area is 113 Å². The molecule has 4 heteroatoms. The molecule has 1 fully saturated rings. The van der Waals surface area contributed by atoms with Crippen LogP contribution in [0.2, 0.25) is 0 Å². The maximum Gasteiger partial charge on any atom is 0.140 e. The highest BCUT2D eigenvalue weighted by Gasteiger charge is 2.43. The van der Waals surface area contributed by atoms with E-state index in [1.165, 1.54) is 0 Å². The number of hydrogen-bond donors (Lipinski definition) is 0. The predicted octanol–water partition coefficient (Wildman–Crippen LogP) is 2.95. The summed E-state index contributed by atoms with van der Waals surface area (Å²) in [6, 6.07) is 4.15. The number of rotatable bonds is 2. The third kappa shape index (κ3) is 1.53. The number of ketones is 1. The van der Waals surface area contributed by atoms with Crippen molar-refractivity contribution in [2.24, 2.45) is 0 Å². The summed E-state index contributed by atoms with van der Waals surface area (Å²) in [6.45, 7) is 1.70. The Morgan fingerprint density at radius 2 is 2.24 bits per heavy atom. The van der Waals surface area contributed by atoms with Crippen LogP contribution < -0.4 is 0 Å². The molecule has 0 saturated heterocycles. The van der Waals surface area contributed by atoms with Crippen molar-refractivity contribution < 1.29 is 4.79 Å². The summed E-state index contributed by atoms with van der Waals surface area (Å²) in [4.78, 5) is 11.9. The Kier molecular flexibility index (Phi) is 2.50. The van der Waals surface area contributed by atoms with Gasteiger partial charge in [-0.05, 0) is 54.0 Å². The van der Waals surface area contributed by atoms with Crippen molar-refractivity contribution in [2.75, 3.05) is 0 Å². The van der Waals surface area contributed by atoms with Gasteiger partial charge in [0.1, 0.15) is 5.78 Å². The van der Waals surface area contributed by atoms with Gasteiger partial charge in [0.2, 0.25) is 0 Å². The molecule has 2 aromatic heterocycles. The maximum absolute atomic E-state index is 11.9. The average molecular weight is 340 g/mol. The fourth-order valence-electron chi connectivity index (χ4n) is 2.61. The minimum absolute atomic E-state index is 0.231. The number of aromatic nitrogens is 2. The maximum atomic E-state index is 11.9. The van der Waals surface area contributed by atoms with Crippen LogP contribution in [0.4, 0.5) is 0 Å². The van der Waals surface area contributed by atoms with Gasteiger partial charge in [-0.3, -0.25) is 4.79 Å². The summed E-state index contributed by atoms with van der Waals surface area (Å²) in [7, 11) is 0. The largest absolute Gasteiger partial charge is 0.299 e. The van der Waals surface area contributed by atoms with Gasteiger partial charge >= 0.3 is 0 Å². The summed E-state index contributed by atoms with van der Waals surface area (Å²) < 4.78 is 3.01. The highest BCUT2D eigenvalue weighted by molar-refractivity contribution is 14.1. The SMILES string of the molecule is CC(=O)C1(c2ccc3c(I)cnn3c2)CCC1. The van der Waals surface area contributed by atoms with Gasteiger partial charge in [-0.2, -0.15) is 5.10 Å². The standard InChI is InChI=1S/C13H13IN2O/c1-9(17)13(5-2-6-13)10-3-4-12-11(14)7-15-16(12)8-10/h3-4,7-8H,2,5-6H2,1H3. The van der Waals surface area contributed by atoms with Gasteiger partial charge in [0.05, 0.1) is 20.7 Å². The number of nitrogens with zero attached hydrogens (tertiary/aromatic N) is 2.